The van der Waals surface area contributed by atoms with Crippen LogP contribution < -0.4 is 5.43 Å². The number of aromatic nitrogens is 3. The molecule has 0 radical (unpaired) electrons. The zero-order valence-electron chi connectivity index (χ0n) is 12.8. The number of benzene rings is 2. The molecule has 1 aliphatic heterocycles. The zero-order chi connectivity index (χ0) is 17.4. The van der Waals surface area contributed by atoms with E-state index in [1.165, 1.54) is 23.0 Å². The molecule has 2 heterocycles. The number of carbonyl (C=O) groups excluding carboxylic acids is 3. The van der Waals surface area contributed by atoms with Crippen molar-refractivity contribution in [1.29, 1.82) is 0 Å². The molecule has 0 atom stereocenters. The van der Waals surface area contributed by atoms with E-state index in [4.69, 9.17) is 0 Å². The Kier molecular flexibility index (Phi) is 3.35. The van der Waals surface area contributed by atoms with Crippen molar-refractivity contribution < 1.29 is 14.4 Å². The van der Waals surface area contributed by atoms with Crippen molar-refractivity contribution >= 4 is 17.7 Å². The summed E-state index contributed by atoms with van der Waals surface area (Å²) in [6, 6.07) is 15.5. The lowest BCUT2D eigenvalue weighted by molar-refractivity contribution is 0.0516. The largest absolute Gasteiger partial charge is 0.292 e. The van der Waals surface area contributed by atoms with E-state index in [2.05, 4.69) is 15.7 Å². The van der Waals surface area contributed by atoms with Gasteiger partial charge in [0.1, 0.15) is 0 Å². The number of hydrazine groups is 1. The quantitative estimate of drug-likeness (QED) is 0.727. The number of fused-ring (bicyclic) bond motifs is 1. The lowest BCUT2D eigenvalue weighted by Gasteiger charge is -2.13. The molecule has 0 aliphatic carbocycles. The van der Waals surface area contributed by atoms with Gasteiger partial charge >= 0.3 is 0 Å². The van der Waals surface area contributed by atoms with Crippen LogP contribution in [-0.2, 0) is 0 Å². The third-order valence-corrected chi connectivity index (χ3v) is 3.75. The van der Waals surface area contributed by atoms with Crippen LogP contribution in [0.1, 0.15) is 31.2 Å². The summed E-state index contributed by atoms with van der Waals surface area (Å²) in [6.45, 7) is 0. The first-order valence-corrected chi connectivity index (χ1v) is 7.42. The van der Waals surface area contributed by atoms with Crippen LogP contribution in [0.5, 0.6) is 0 Å². The normalized spacial score (nSPS) is 13.0. The fourth-order valence-corrected chi connectivity index (χ4v) is 2.52. The second kappa shape index (κ2) is 5.68. The first-order chi connectivity index (χ1) is 12.1. The highest BCUT2D eigenvalue weighted by atomic mass is 16.2. The molecule has 1 N–H and O–H groups in total. The molecule has 1 aromatic heterocycles. The Morgan fingerprint density at radius 1 is 0.880 bits per heavy atom. The Balaban J connectivity index is 1.55. The van der Waals surface area contributed by atoms with Crippen LogP contribution in [0.2, 0.25) is 0 Å². The van der Waals surface area contributed by atoms with Gasteiger partial charge in [-0.3, -0.25) is 19.8 Å². The van der Waals surface area contributed by atoms with E-state index in [-0.39, 0.29) is 16.8 Å². The van der Waals surface area contributed by atoms with Gasteiger partial charge in [0, 0.05) is 0 Å². The van der Waals surface area contributed by atoms with E-state index in [1.807, 2.05) is 18.2 Å². The van der Waals surface area contributed by atoms with E-state index in [1.54, 1.807) is 24.3 Å². The second-order valence-electron chi connectivity index (χ2n) is 5.32. The number of nitrogens with one attached hydrogen (secondary N) is 1. The van der Waals surface area contributed by atoms with E-state index in [9.17, 15) is 14.4 Å². The van der Waals surface area contributed by atoms with Crippen molar-refractivity contribution in [3.8, 4) is 5.69 Å². The van der Waals surface area contributed by atoms with E-state index >= 15 is 0 Å². The van der Waals surface area contributed by atoms with Gasteiger partial charge in [0.05, 0.1) is 23.0 Å². The molecule has 0 bridgehead atoms. The molecule has 0 spiro atoms. The van der Waals surface area contributed by atoms with Gasteiger partial charge in [-0.15, -0.1) is 5.10 Å². The number of hydrogen-bond acceptors (Lipinski definition) is 5. The van der Waals surface area contributed by atoms with Gasteiger partial charge in [-0.05, 0) is 24.3 Å². The molecule has 4 rings (SSSR count). The minimum absolute atomic E-state index is 0.0135. The summed E-state index contributed by atoms with van der Waals surface area (Å²) in [5.74, 6) is -1.86. The van der Waals surface area contributed by atoms with Crippen LogP contribution in [-0.4, -0.2) is 37.7 Å². The molecule has 25 heavy (non-hydrogen) atoms. The summed E-state index contributed by atoms with van der Waals surface area (Å²) in [5, 5.41) is 8.35. The Morgan fingerprint density at radius 2 is 1.48 bits per heavy atom. The molecular weight excluding hydrogens is 322 g/mol. The van der Waals surface area contributed by atoms with Crippen LogP contribution in [0.3, 0.4) is 0 Å². The molecule has 0 saturated heterocycles. The highest BCUT2D eigenvalue weighted by molar-refractivity contribution is 6.22. The highest BCUT2D eigenvalue weighted by Crippen LogP contribution is 2.20. The van der Waals surface area contributed by atoms with E-state index in [0.717, 1.165) is 5.69 Å². The average molecular weight is 333 g/mol. The summed E-state index contributed by atoms with van der Waals surface area (Å²) < 4.78 is 1.43. The Hall–Kier alpha value is -3.81. The van der Waals surface area contributed by atoms with Crippen LogP contribution in [0.25, 0.3) is 5.69 Å². The summed E-state index contributed by atoms with van der Waals surface area (Å²) >= 11 is 0. The minimum Gasteiger partial charge on any atom is -0.267 e. The van der Waals surface area contributed by atoms with Gasteiger partial charge in [-0.1, -0.05) is 35.5 Å². The van der Waals surface area contributed by atoms with Crippen molar-refractivity contribution in [2.24, 2.45) is 0 Å². The SMILES string of the molecule is O=C(NN1C(=O)c2ccccc2C1=O)c1cn(-c2ccccc2)nn1. The molecule has 2 aromatic carbocycles. The van der Waals surface area contributed by atoms with Crippen molar-refractivity contribution in [3.05, 3.63) is 77.6 Å². The van der Waals surface area contributed by atoms with Crippen LogP contribution >= 0.6 is 0 Å². The molecule has 8 nitrogen and oxygen atoms in total. The Bertz CT molecular complexity index is 961. The maximum absolute atomic E-state index is 12.3. The fraction of sp³-hybridized carbons (Fsp3) is 0. The first kappa shape index (κ1) is 14.8. The third-order valence-electron chi connectivity index (χ3n) is 3.75. The van der Waals surface area contributed by atoms with Crippen molar-refractivity contribution in [1.82, 2.24) is 25.4 Å². The minimum atomic E-state index is -0.698. The average Bonchev–Trinajstić information content (AvgIpc) is 3.23. The molecule has 1 aliphatic rings. The lowest BCUT2D eigenvalue weighted by Crippen LogP contribution is -2.46. The molecule has 0 fully saturated rings. The van der Waals surface area contributed by atoms with Crippen LogP contribution in [0.15, 0.2) is 60.8 Å². The smallest absolute Gasteiger partial charge is 0.267 e. The first-order valence-electron chi connectivity index (χ1n) is 7.42. The van der Waals surface area contributed by atoms with Crippen LogP contribution in [0.4, 0.5) is 0 Å². The fourth-order valence-electron chi connectivity index (χ4n) is 2.52. The maximum Gasteiger partial charge on any atom is 0.292 e. The topological polar surface area (TPSA) is 97.2 Å². The number of carbonyl (C=O) groups is 3. The number of imide groups is 1. The monoisotopic (exact) mass is 333 g/mol. The molecule has 8 heteroatoms. The predicted octanol–water partition coefficient (Wildman–Crippen LogP) is 1.21. The number of nitrogens with zero attached hydrogens (tertiary/aromatic N) is 4. The molecule has 3 amide bonds. The predicted molar refractivity (Wildman–Crippen MR) is 85.8 cm³/mol. The summed E-state index contributed by atoms with van der Waals surface area (Å²) in [4.78, 5) is 36.8. The maximum atomic E-state index is 12.3. The lowest BCUT2D eigenvalue weighted by atomic mass is 10.1. The van der Waals surface area contributed by atoms with E-state index in [0.29, 0.717) is 5.01 Å². The van der Waals surface area contributed by atoms with Gasteiger partial charge in [0.25, 0.3) is 17.7 Å². The molecule has 3 aromatic rings. The van der Waals surface area contributed by atoms with Crippen molar-refractivity contribution in [3.63, 3.8) is 0 Å². The van der Waals surface area contributed by atoms with Crippen molar-refractivity contribution in [2.45, 2.75) is 0 Å². The van der Waals surface area contributed by atoms with Gasteiger partial charge in [0.15, 0.2) is 5.69 Å². The third kappa shape index (κ3) is 2.45. The van der Waals surface area contributed by atoms with Crippen LogP contribution in [0, 0.1) is 0 Å². The second-order valence-corrected chi connectivity index (χ2v) is 5.32. The Labute approximate surface area is 141 Å². The van der Waals surface area contributed by atoms with Gasteiger partial charge in [0.2, 0.25) is 0 Å². The molecule has 0 unspecified atom stereocenters. The Morgan fingerprint density at radius 3 is 2.12 bits per heavy atom. The standard InChI is InChI=1S/C17H11N5O3/c23-15(14-10-21(20-18-14)11-6-2-1-3-7-11)19-22-16(24)12-8-4-5-9-13(12)17(22)25/h1-10H,(H,19,23). The molecule has 0 saturated carbocycles. The molecular formula is C17H11N5O3. The highest BCUT2D eigenvalue weighted by Gasteiger charge is 2.37. The number of amides is 3. The number of para-hydroxylation sites is 1. The summed E-state index contributed by atoms with van der Waals surface area (Å²) in [7, 11) is 0. The van der Waals surface area contributed by atoms with Gasteiger partial charge in [-0.25, -0.2) is 4.68 Å². The van der Waals surface area contributed by atoms with Gasteiger partial charge in [-0.2, -0.15) is 5.01 Å². The van der Waals surface area contributed by atoms with Crippen molar-refractivity contribution in [2.75, 3.05) is 0 Å². The summed E-state index contributed by atoms with van der Waals surface area (Å²) in [6.07, 6.45) is 1.42. The summed E-state index contributed by atoms with van der Waals surface area (Å²) in [5.41, 5.74) is 3.51. The van der Waals surface area contributed by atoms with E-state index < -0.39 is 17.7 Å². The number of rotatable bonds is 3. The molecule has 122 valence electrons. The number of hydrogen-bond donors (Lipinski definition) is 1. The zero-order valence-corrected chi connectivity index (χ0v) is 12.8. The van der Waals surface area contributed by atoms with Gasteiger partial charge < -0.3 is 0 Å².